The predicted molar refractivity (Wildman–Crippen MR) is 189 cm³/mol. The van der Waals surface area contributed by atoms with Gasteiger partial charge in [0.1, 0.15) is 30.4 Å². The van der Waals surface area contributed by atoms with Gasteiger partial charge in [0.25, 0.3) is 11.5 Å². The van der Waals surface area contributed by atoms with Crippen molar-refractivity contribution in [1.29, 1.82) is 0 Å². The molecule has 2 fully saturated rings. The van der Waals surface area contributed by atoms with Crippen LogP contribution in [0.4, 0.5) is 24.5 Å². The maximum Gasteiger partial charge on any atom is 0.416 e. The first-order valence-corrected chi connectivity index (χ1v) is 17.3. The van der Waals surface area contributed by atoms with E-state index in [9.17, 15) is 32.7 Å². The Bertz CT molecular complexity index is 2300. The summed E-state index contributed by atoms with van der Waals surface area (Å²) < 4.78 is 53.4. The molecule has 282 valence electrons. The molecule has 2 aromatic carbocycles. The number of fused-ring (bicyclic) bond motifs is 1. The van der Waals surface area contributed by atoms with Gasteiger partial charge in [0.05, 0.1) is 40.9 Å². The molecule has 0 bridgehead atoms. The molecule has 15 nitrogen and oxygen atoms in total. The van der Waals surface area contributed by atoms with Gasteiger partial charge in [-0.3, -0.25) is 14.4 Å². The standard InChI is InChI=1S/C35H33ClF3N9O6/c1-3-26-29(45-10-12-46(13-11-45)32(51)28-30(50)19(2)40-18-41-28)33(52)48-34(43-31(44-48)20-4-7-22(8-5-20)54-23-16-53-17-23)47(26)15-27(49)42-25-9-6-21(14-24(25)36)35(37,38)39/h4-9,14,18,23,50H,3,10-13,15-17H2,1-2H3,(H,42,49). The van der Waals surface area contributed by atoms with Gasteiger partial charge in [-0.15, -0.1) is 5.10 Å². The quantitative estimate of drug-likeness (QED) is 0.223. The molecule has 2 aliphatic rings. The summed E-state index contributed by atoms with van der Waals surface area (Å²) in [5.41, 5.74) is -0.123. The van der Waals surface area contributed by atoms with Crippen LogP contribution in [0.25, 0.3) is 17.2 Å². The van der Waals surface area contributed by atoms with Gasteiger partial charge >= 0.3 is 6.18 Å². The molecule has 0 saturated carbocycles. The Morgan fingerprint density at radius 1 is 1.07 bits per heavy atom. The number of hydrogen-bond donors (Lipinski definition) is 2. The minimum Gasteiger partial charge on any atom is -0.504 e. The van der Waals surface area contributed by atoms with Crippen molar-refractivity contribution in [3.05, 3.63) is 86.8 Å². The summed E-state index contributed by atoms with van der Waals surface area (Å²) in [6.07, 6.45) is -3.20. The molecule has 5 heterocycles. The van der Waals surface area contributed by atoms with Gasteiger partial charge in [0.2, 0.25) is 11.7 Å². The van der Waals surface area contributed by atoms with E-state index in [-0.39, 0.29) is 83.8 Å². The molecule has 0 atom stereocenters. The molecule has 54 heavy (non-hydrogen) atoms. The van der Waals surface area contributed by atoms with E-state index < -0.39 is 35.7 Å². The monoisotopic (exact) mass is 767 g/mol. The number of aromatic hydroxyl groups is 1. The van der Waals surface area contributed by atoms with Crippen LogP contribution in [0.3, 0.4) is 0 Å². The number of benzene rings is 2. The first-order chi connectivity index (χ1) is 25.8. The SMILES string of the molecule is CCc1c(N2CCN(C(=O)c3ncnc(C)c3O)CC2)c(=O)n2nc(-c3ccc(OC4COC4)cc3)nc2n1CC(=O)Nc1ccc(C(F)(F)F)cc1Cl. The maximum absolute atomic E-state index is 14.3. The Labute approximate surface area is 309 Å². The Balaban J connectivity index is 1.23. The van der Waals surface area contributed by atoms with Crippen LogP contribution in [0.15, 0.2) is 53.6 Å². The Hall–Kier alpha value is -5.75. The van der Waals surface area contributed by atoms with Crippen molar-refractivity contribution in [3.8, 4) is 22.9 Å². The first kappa shape index (κ1) is 36.6. The van der Waals surface area contributed by atoms with Crippen molar-refractivity contribution < 1.29 is 37.3 Å². The lowest BCUT2D eigenvalue weighted by molar-refractivity contribution is -0.137. The van der Waals surface area contributed by atoms with Crippen molar-refractivity contribution in [3.63, 3.8) is 0 Å². The zero-order chi connectivity index (χ0) is 38.3. The third-order valence-corrected chi connectivity index (χ3v) is 9.46. The number of aryl methyl sites for hydroxylation is 1. The number of carbonyl (C=O) groups excluding carboxylic acids is 2. The van der Waals surface area contributed by atoms with Gasteiger partial charge in [0.15, 0.2) is 17.3 Å². The third kappa shape index (κ3) is 7.13. The van der Waals surface area contributed by atoms with Crippen molar-refractivity contribution in [1.82, 2.24) is 34.0 Å². The van der Waals surface area contributed by atoms with Gasteiger partial charge in [-0.2, -0.15) is 22.7 Å². The minimum atomic E-state index is -4.63. The fraction of sp³-hybridized carbons (Fsp3) is 0.343. The van der Waals surface area contributed by atoms with Gasteiger partial charge in [0, 0.05) is 31.7 Å². The van der Waals surface area contributed by atoms with E-state index in [2.05, 4.69) is 25.4 Å². The van der Waals surface area contributed by atoms with E-state index in [4.69, 9.17) is 21.1 Å². The molecule has 0 spiro atoms. The summed E-state index contributed by atoms with van der Waals surface area (Å²) in [5, 5.41) is 17.2. The van der Waals surface area contributed by atoms with Crippen LogP contribution >= 0.6 is 11.6 Å². The summed E-state index contributed by atoms with van der Waals surface area (Å²) in [7, 11) is 0. The number of carbonyl (C=O) groups is 2. The largest absolute Gasteiger partial charge is 0.504 e. The molecule has 0 radical (unpaired) electrons. The molecule has 2 saturated heterocycles. The number of nitrogens with zero attached hydrogens (tertiary/aromatic N) is 8. The molecule has 3 aromatic heterocycles. The highest BCUT2D eigenvalue weighted by Gasteiger charge is 2.32. The second-order valence-electron chi connectivity index (χ2n) is 12.7. The molecule has 7 rings (SSSR count). The van der Waals surface area contributed by atoms with Crippen molar-refractivity contribution in [2.45, 2.75) is 39.1 Å². The summed E-state index contributed by atoms with van der Waals surface area (Å²) in [5.74, 6) is -0.575. The molecular weight excluding hydrogens is 735 g/mol. The zero-order valence-electron chi connectivity index (χ0n) is 28.9. The number of alkyl halides is 3. The lowest BCUT2D eigenvalue weighted by Gasteiger charge is -2.36. The third-order valence-electron chi connectivity index (χ3n) is 9.15. The maximum atomic E-state index is 14.3. The molecule has 2 amide bonds. The van der Waals surface area contributed by atoms with Crippen LogP contribution in [0, 0.1) is 6.92 Å². The van der Waals surface area contributed by atoms with Gasteiger partial charge in [-0.05, 0) is 55.8 Å². The number of nitrogens with one attached hydrogen (secondary N) is 1. The number of anilines is 2. The van der Waals surface area contributed by atoms with Crippen LogP contribution < -0.4 is 20.5 Å². The van der Waals surface area contributed by atoms with Gasteiger partial charge < -0.3 is 34.3 Å². The number of hydrogen-bond acceptors (Lipinski definition) is 11. The molecule has 5 aromatic rings. The van der Waals surface area contributed by atoms with E-state index in [0.29, 0.717) is 30.2 Å². The lowest BCUT2D eigenvalue weighted by Crippen LogP contribution is -2.51. The Morgan fingerprint density at radius 3 is 2.43 bits per heavy atom. The van der Waals surface area contributed by atoms with Crippen LogP contribution in [-0.2, 0) is 28.7 Å². The van der Waals surface area contributed by atoms with E-state index in [1.807, 2.05) is 0 Å². The number of halogens is 4. The Kier molecular flexibility index (Phi) is 9.88. The van der Waals surface area contributed by atoms with Crippen molar-refractivity contribution in [2.24, 2.45) is 0 Å². The molecule has 0 aliphatic carbocycles. The number of amides is 2. The smallest absolute Gasteiger partial charge is 0.416 e. The number of aromatic nitrogens is 6. The fourth-order valence-corrected chi connectivity index (χ4v) is 6.47. The number of piperazine rings is 1. The highest BCUT2D eigenvalue weighted by Crippen LogP contribution is 2.34. The van der Waals surface area contributed by atoms with Crippen molar-refractivity contribution >= 4 is 40.6 Å². The summed E-state index contributed by atoms with van der Waals surface area (Å²) >= 11 is 6.13. The highest BCUT2D eigenvalue weighted by atomic mass is 35.5. The van der Waals surface area contributed by atoms with E-state index >= 15 is 0 Å². The van der Waals surface area contributed by atoms with E-state index in [1.165, 1.54) is 15.8 Å². The van der Waals surface area contributed by atoms with Crippen LogP contribution in [0.5, 0.6) is 11.5 Å². The predicted octanol–water partition coefficient (Wildman–Crippen LogP) is 3.98. The normalized spacial score (nSPS) is 15.0. The molecular formula is C35H33ClF3N9O6. The van der Waals surface area contributed by atoms with Gasteiger partial charge in [-0.1, -0.05) is 18.5 Å². The second kappa shape index (κ2) is 14.6. The first-order valence-electron chi connectivity index (χ1n) is 16.9. The fourth-order valence-electron chi connectivity index (χ4n) is 6.24. The summed E-state index contributed by atoms with van der Waals surface area (Å²) in [6, 6.07) is 9.59. The summed E-state index contributed by atoms with van der Waals surface area (Å²) in [6.45, 7) is 4.74. The molecule has 2 N–H and O–H groups in total. The molecule has 2 aliphatic heterocycles. The summed E-state index contributed by atoms with van der Waals surface area (Å²) in [4.78, 5) is 57.0. The Morgan fingerprint density at radius 2 is 1.80 bits per heavy atom. The van der Waals surface area contributed by atoms with Crippen LogP contribution in [0.2, 0.25) is 5.02 Å². The number of rotatable bonds is 9. The topological polar surface area (TPSA) is 169 Å². The highest BCUT2D eigenvalue weighted by molar-refractivity contribution is 6.33. The average Bonchev–Trinajstić information content (AvgIpc) is 3.59. The van der Waals surface area contributed by atoms with E-state index in [1.54, 1.807) is 43.0 Å². The average molecular weight is 768 g/mol. The van der Waals surface area contributed by atoms with Crippen LogP contribution in [0.1, 0.15) is 34.4 Å². The number of ether oxygens (including phenoxy) is 2. The van der Waals surface area contributed by atoms with Gasteiger partial charge in [-0.25, -0.2) is 9.97 Å². The van der Waals surface area contributed by atoms with E-state index in [0.717, 1.165) is 22.7 Å². The molecule has 19 heteroatoms. The zero-order valence-corrected chi connectivity index (χ0v) is 29.7. The van der Waals surface area contributed by atoms with Crippen LogP contribution in [-0.4, -0.2) is 96.5 Å². The van der Waals surface area contributed by atoms with Crippen molar-refractivity contribution in [2.75, 3.05) is 49.6 Å². The lowest BCUT2D eigenvalue weighted by atomic mass is 10.2. The minimum absolute atomic E-state index is 0.0337. The molecule has 0 unspecified atom stereocenters. The second-order valence-corrected chi connectivity index (χ2v) is 13.1.